The van der Waals surface area contributed by atoms with Gasteiger partial charge in [0.15, 0.2) is 5.78 Å². The highest BCUT2D eigenvalue weighted by atomic mass is 16.1. The molecular formula is C12H10NO. The van der Waals surface area contributed by atoms with Crippen LogP contribution in [0.25, 0.3) is 10.9 Å². The second-order valence-corrected chi connectivity index (χ2v) is 3.32. The van der Waals surface area contributed by atoms with E-state index in [1.807, 2.05) is 25.1 Å². The number of carbonyl (C=O) groups is 1. The van der Waals surface area contributed by atoms with E-state index < -0.39 is 0 Å². The Balaban J connectivity index is 2.78. The largest absolute Gasteiger partial charge is 0.294 e. The van der Waals surface area contributed by atoms with Gasteiger partial charge in [-0.15, -0.1) is 0 Å². The van der Waals surface area contributed by atoms with Crippen molar-refractivity contribution in [3.63, 3.8) is 0 Å². The van der Waals surface area contributed by atoms with Crippen LogP contribution in [0.2, 0.25) is 0 Å². The van der Waals surface area contributed by atoms with Crippen molar-refractivity contribution in [2.45, 2.75) is 13.8 Å². The highest BCUT2D eigenvalue weighted by Gasteiger charge is 2.04. The van der Waals surface area contributed by atoms with Crippen LogP contribution in [0.5, 0.6) is 0 Å². The third-order valence-electron chi connectivity index (χ3n) is 2.23. The monoisotopic (exact) mass is 184 g/mol. The van der Waals surface area contributed by atoms with Gasteiger partial charge in [0, 0.05) is 23.2 Å². The number of Topliss-reactive ketones (excluding diaryl/α,β-unsaturated/α-hetero) is 1. The molecule has 1 heterocycles. The molecular weight excluding hydrogens is 174 g/mol. The molecule has 0 amide bonds. The number of rotatable bonds is 1. The first-order chi connectivity index (χ1) is 6.68. The van der Waals surface area contributed by atoms with Gasteiger partial charge in [-0.3, -0.25) is 9.78 Å². The molecule has 0 aliphatic heterocycles. The zero-order chi connectivity index (χ0) is 10.1. The molecule has 2 heteroatoms. The van der Waals surface area contributed by atoms with Crippen molar-refractivity contribution in [1.82, 2.24) is 4.98 Å². The highest BCUT2D eigenvalue weighted by Crippen LogP contribution is 2.17. The summed E-state index contributed by atoms with van der Waals surface area (Å²) in [5.41, 5.74) is 2.43. The Morgan fingerprint density at radius 2 is 2.29 bits per heavy atom. The Hall–Kier alpha value is -1.70. The second-order valence-electron chi connectivity index (χ2n) is 3.32. The quantitative estimate of drug-likeness (QED) is 0.637. The van der Waals surface area contributed by atoms with E-state index in [-0.39, 0.29) is 5.78 Å². The number of pyridine rings is 1. The fourth-order valence-electron chi connectivity index (χ4n) is 1.47. The fraction of sp³-hybridized carbons (Fsp3) is 0.167. The summed E-state index contributed by atoms with van der Waals surface area (Å²) in [7, 11) is 0. The van der Waals surface area contributed by atoms with Crippen LogP contribution in [0.15, 0.2) is 24.4 Å². The predicted molar refractivity (Wildman–Crippen MR) is 55.3 cm³/mol. The summed E-state index contributed by atoms with van der Waals surface area (Å²) in [5.74, 6) is 0.0284. The van der Waals surface area contributed by atoms with Crippen LogP contribution < -0.4 is 0 Å². The SMILES string of the molecule is CC(=O)c1[c]c2ncccc2c(C)c1. The van der Waals surface area contributed by atoms with Gasteiger partial charge in [-0.1, -0.05) is 6.07 Å². The van der Waals surface area contributed by atoms with Gasteiger partial charge in [0.25, 0.3) is 0 Å². The summed E-state index contributed by atoms with van der Waals surface area (Å²) in [4.78, 5) is 15.4. The van der Waals surface area contributed by atoms with E-state index in [4.69, 9.17) is 0 Å². The molecule has 2 aromatic rings. The van der Waals surface area contributed by atoms with Crippen LogP contribution in [0.3, 0.4) is 0 Å². The van der Waals surface area contributed by atoms with E-state index >= 15 is 0 Å². The average molecular weight is 184 g/mol. The van der Waals surface area contributed by atoms with Crippen LogP contribution >= 0.6 is 0 Å². The molecule has 0 aliphatic carbocycles. The number of fused-ring (bicyclic) bond motifs is 1. The molecule has 0 aliphatic rings. The number of carbonyl (C=O) groups excluding carboxylic acids is 1. The van der Waals surface area contributed by atoms with E-state index in [0.29, 0.717) is 5.56 Å². The van der Waals surface area contributed by atoms with Crippen LogP contribution in [-0.4, -0.2) is 10.8 Å². The van der Waals surface area contributed by atoms with Crippen LogP contribution in [0.4, 0.5) is 0 Å². The lowest BCUT2D eigenvalue weighted by molar-refractivity contribution is 0.101. The molecule has 0 N–H and O–H groups in total. The molecule has 0 saturated heterocycles. The van der Waals surface area contributed by atoms with Crippen molar-refractivity contribution in [3.8, 4) is 0 Å². The zero-order valence-electron chi connectivity index (χ0n) is 8.16. The van der Waals surface area contributed by atoms with Crippen molar-refractivity contribution >= 4 is 16.7 Å². The number of ketones is 1. The van der Waals surface area contributed by atoms with Crippen molar-refractivity contribution in [1.29, 1.82) is 0 Å². The molecule has 69 valence electrons. The number of hydrogen-bond acceptors (Lipinski definition) is 2. The number of aryl methyl sites for hydroxylation is 1. The molecule has 2 nitrogen and oxygen atoms in total. The van der Waals surface area contributed by atoms with Crippen LogP contribution in [-0.2, 0) is 0 Å². The minimum absolute atomic E-state index is 0.0284. The predicted octanol–water partition coefficient (Wildman–Crippen LogP) is 2.55. The molecule has 0 saturated carbocycles. The summed E-state index contributed by atoms with van der Waals surface area (Å²) >= 11 is 0. The van der Waals surface area contributed by atoms with Crippen molar-refractivity contribution in [2.75, 3.05) is 0 Å². The van der Waals surface area contributed by atoms with E-state index in [1.165, 1.54) is 0 Å². The number of benzene rings is 1. The topological polar surface area (TPSA) is 30.0 Å². The Kier molecular flexibility index (Phi) is 2.04. The highest BCUT2D eigenvalue weighted by molar-refractivity contribution is 5.98. The zero-order valence-corrected chi connectivity index (χ0v) is 8.16. The second kappa shape index (κ2) is 3.22. The number of nitrogens with zero attached hydrogens (tertiary/aromatic N) is 1. The average Bonchev–Trinajstić information content (AvgIpc) is 2.17. The summed E-state index contributed by atoms with van der Waals surface area (Å²) < 4.78 is 0. The first-order valence-corrected chi connectivity index (χ1v) is 4.47. The lowest BCUT2D eigenvalue weighted by atomic mass is 10.0. The molecule has 0 spiro atoms. The van der Waals surface area contributed by atoms with Gasteiger partial charge in [-0.25, -0.2) is 0 Å². The molecule has 1 radical (unpaired) electrons. The smallest absolute Gasteiger partial charge is 0.160 e. The molecule has 0 unspecified atom stereocenters. The maximum atomic E-state index is 11.2. The van der Waals surface area contributed by atoms with E-state index in [2.05, 4.69) is 11.1 Å². The number of aromatic nitrogens is 1. The first-order valence-electron chi connectivity index (χ1n) is 4.47. The standard InChI is InChI=1S/C12H10NO/c1-8-6-10(9(2)14)7-12-11(8)4-3-5-13-12/h3-6H,1-2H3. The van der Waals surface area contributed by atoms with Crippen LogP contribution in [0.1, 0.15) is 22.8 Å². The molecule has 0 atom stereocenters. The Bertz CT molecular complexity index is 503. The molecule has 0 bridgehead atoms. The van der Waals surface area contributed by atoms with Crippen molar-refractivity contribution in [2.24, 2.45) is 0 Å². The minimum Gasteiger partial charge on any atom is -0.294 e. The minimum atomic E-state index is 0.0284. The Morgan fingerprint density at radius 1 is 1.50 bits per heavy atom. The molecule has 1 aromatic carbocycles. The Labute approximate surface area is 82.6 Å². The fourth-order valence-corrected chi connectivity index (χ4v) is 1.47. The molecule has 1 aromatic heterocycles. The summed E-state index contributed by atoms with van der Waals surface area (Å²) in [5, 5.41) is 1.05. The lowest BCUT2D eigenvalue weighted by Crippen LogP contribution is -1.94. The normalized spacial score (nSPS) is 10.4. The summed E-state index contributed by atoms with van der Waals surface area (Å²) in [6.45, 7) is 3.52. The van der Waals surface area contributed by atoms with E-state index in [9.17, 15) is 4.79 Å². The van der Waals surface area contributed by atoms with Crippen molar-refractivity contribution in [3.05, 3.63) is 41.6 Å². The van der Waals surface area contributed by atoms with Crippen LogP contribution in [0, 0.1) is 13.0 Å². The lowest BCUT2D eigenvalue weighted by Gasteiger charge is -2.02. The van der Waals surface area contributed by atoms with E-state index in [0.717, 1.165) is 16.5 Å². The molecule has 14 heavy (non-hydrogen) atoms. The number of hydrogen-bond donors (Lipinski definition) is 0. The van der Waals surface area contributed by atoms with Gasteiger partial charge in [0.2, 0.25) is 0 Å². The van der Waals surface area contributed by atoms with Gasteiger partial charge < -0.3 is 0 Å². The van der Waals surface area contributed by atoms with E-state index in [1.54, 1.807) is 13.1 Å². The summed E-state index contributed by atoms with van der Waals surface area (Å²) in [6.07, 6.45) is 1.71. The van der Waals surface area contributed by atoms with Gasteiger partial charge in [-0.05, 0) is 31.5 Å². The first kappa shape index (κ1) is 8.88. The van der Waals surface area contributed by atoms with Crippen molar-refractivity contribution < 1.29 is 4.79 Å². The van der Waals surface area contributed by atoms with Gasteiger partial charge in [0.1, 0.15) is 0 Å². The van der Waals surface area contributed by atoms with Gasteiger partial charge in [0.05, 0.1) is 5.52 Å². The maximum Gasteiger partial charge on any atom is 0.160 e. The third kappa shape index (κ3) is 1.39. The summed E-state index contributed by atoms with van der Waals surface area (Å²) in [6, 6.07) is 8.73. The molecule has 0 fully saturated rings. The van der Waals surface area contributed by atoms with Gasteiger partial charge >= 0.3 is 0 Å². The van der Waals surface area contributed by atoms with Gasteiger partial charge in [-0.2, -0.15) is 0 Å². The maximum absolute atomic E-state index is 11.2. The Morgan fingerprint density at radius 3 is 3.00 bits per heavy atom. The third-order valence-corrected chi connectivity index (χ3v) is 2.23. The molecule has 2 rings (SSSR count).